The van der Waals surface area contributed by atoms with Crippen LogP contribution in [-0.4, -0.2) is 46.0 Å². The second kappa shape index (κ2) is 6.69. The fourth-order valence-electron chi connectivity index (χ4n) is 2.75. The Kier molecular flexibility index (Phi) is 4.57. The van der Waals surface area contributed by atoms with Gasteiger partial charge in [-0.25, -0.2) is 8.42 Å². The van der Waals surface area contributed by atoms with Crippen molar-refractivity contribution in [3.8, 4) is 11.8 Å². The molecule has 26 heavy (non-hydrogen) atoms. The van der Waals surface area contributed by atoms with Gasteiger partial charge in [0, 0.05) is 14.1 Å². The summed E-state index contributed by atoms with van der Waals surface area (Å²) in [6.07, 6.45) is -0.969. The number of ether oxygens (including phenoxy) is 1. The van der Waals surface area contributed by atoms with Crippen molar-refractivity contribution in [2.75, 3.05) is 24.9 Å². The number of benzene rings is 2. The van der Waals surface area contributed by atoms with Gasteiger partial charge >= 0.3 is 0 Å². The maximum atomic E-state index is 13.3. The maximum absolute atomic E-state index is 13.3. The number of likely N-dealkylation sites (N-methyl/N-ethyl adjacent to an activating group) is 1. The number of fused-ring (bicyclic) bond motifs is 1. The Hall–Kier alpha value is -3.05. The second-order valence-corrected chi connectivity index (χ2v) is 7.78. The molecule has 0 saturated carbocycles. The first-order chi connectivity index (χ1) is 12.4. The van der Waals surface area contributed by atoms with Crippen LogP contribution in [0.25, 0.3) is 0 Å². The van der Waals surface area contributed by atoms with Gasteiger partial charge in [0.25, 0.3) is 15.9 Å². The van der Waals surface area contributed by atoms with E-state index in [0.29, 0.717) is 11.4 Å². The number of rotatable bonds is 3. The lowest BCUT2D eigenvalue weighted by molar-refractivity contribution is -0.135. The first-order valence-corrected chi connectivity index (χ1v) is 9.29. The lowest BCUT2D eigenvalue weighted by Crippen LogP contribution is -2.50. The van der Waals surface area contributed by atoms with Crippen molar-refractivity contribution in [3.05, 3.63) is 54.1 Å². The van der Waals surface area contributed by atoms with E-state index in [1.54, 1.807) is 50.5 Å². The van der Waals surface area contributed by atoms with Crippen molar-refractivity contribution in [2.24, 2.45) is 0 Å². The predicted molar refractivity (Wildman–Crippen MR) is 95.2 cm³/mol. The van der Waals surface area contributed by atoms with E-state index < -0.39 is 16.1 Å². The molecule has 1 aliphatic heterocycles. The van der Waals surface area contributed by atoms with Gasteiger partial charge in [0.05, 0.1) is 17.8 Å². The van der Waals surface area contributed by atoms with Gasteiger partial charge in [-0.05, 0) is 24.3 Å². The SMILES string of the molecule is CN(C)C(=O)C1CN(S(=O)(=O)c2ccccc2C#N)c2ccccc2O1. The van der Waals surface area contributed by atoms with E-state index in [0.717, 1.165) is 4.31 Å². The fraction of sp³-hybridized carbons (Fsp3) is 0.222. The molecule has 134 valence electrons. The molecule has 0 spiro atoms. The number of carbonyl (C=O) groups excluding carboxylic acids is 1. The molecule has 2 aromatic rings. The number of para-hydroxylation sites is 2. The van der Waals surface area contributed by atoms with Crippen LogP contribution < -0.4 is 9.04 Å². The average Bonchev–Trinajstić information content (AvgIpc) is 2.66. The molecule has 1 amide bonds. The van der Waals surface area contributed by atoms with Gasteiger partial charge in [-0.2, -0.15) is 5.26 Å². The minimum atomic E-state index is -4.05. The van der Waals surface area contributed by atoms with Crippen LogP contribution in [0.2, 0.25) is 0 Å². The summed E-state index contributed by atoms with van der Waals surface area (Å²) in [5.41, 5.74) is 0.384. The Morgan fingerprint density at radius 1 is 1.19 bits per heavy atom. The molecule has 1 heterocycles. The van der Waals surface area contributed by atoms with Crippen molar-refractivity contribution in [1.29, 1.82) is 5.26 Å². The van der Waals surface area contributed by atoms with Crippen LogP contribution in [0.4, 0.5) is 5.69 Å². The van der Waals surface area contributed by atoms with E-state index in [-0.39, 0.29) is 22.9 Å². The highest BCUT2D eigenvalue weighted by atomic mass is 32.2. The highest BCUT2D eigenvalue weighted by Crippen LogP contribution is 2.37. The Morgan fingerprint density at radius 3 is 2.54 bits per heavy atom. The van der Waals surface area contributed by atoms with Gasteiger partial charge in [0.1, 0.15) is 16.7 Å². The van der Waals surface area contributed by atoms with Crippen LogP contribution in [0.15, 0.2) is 53.4 Å². The van der Waals surface area contributed by atoms with E-state index in [9.17, 15) is 18.5 Å². The lowest BCUT2D eigenvalue weighted by atomic mass is 10.2. The predicted octanol–water partition coefficient (Wildman–Crippen LogP) is 1.60. The van der Waals surface area contributed by atoms with Crippen molar-refractivity contribution in [3.63, 3.8) is 0 Å². The third-order valence-corrected chi connectivity index (χ3v) is 5.86. The third-order valence-electron chi connectivity index (χ3n) is 4.03. The number of sulfonamides is 1. The summed E-state index contributed by atoms with van der Waals surface area (Å²) >= 11 is 0. The van der Waals surface area contributed by atoms with Crippen LogP contribution in [0.3, 0.4) is 0 Å². The second-order valence-electron chi connectivity index (χ2n) is 5.95. The van der Waals surface area contributed by atoms with Gasteiger partial charge in [-0.1, -0.05) is 24.3 Å². The molecular weight excluding hydrogens is 354 g/mol. The molecule has 0 fully saturated rings. The van der Waals surface area contributed by atoms with Crippen molar-refractivity contribution in [1.82, 2.24) is 4.90 Å². The number of nitrogens with zero attached hydrogens (tertiary/aromatic N) is 3. The van der Waals surface area contributed by atoms with E-state index in [2.05, 4.69) is 0 Å². The molecule has 3 rings (SSSR count). The average molecular weight is 371 g/mol. The van der Waals surface area contributed by atoms with Gasteiger partial charge < -0.3 is 9.64 Å². The molecule has 2 aromatic carbocycles. The molecule has 0 radical (unpaired) electrons. The third kappa shape index (κ3) is 2.97. The number of amides is 1. The molecule has 0 N–H and O–H groups in total. The molecule has 1 aliphatic rings. The first-order valence-electron chi connectivity index (χ1n) is 7.85. The largest absolute Gasteiger partial charge is 0.476 e. The van der Waals surface area contributed by atoms with Crippen LogP contribution in [-0.2, 0) is 14.8 Å². The molecule has 0 saturated heterocycles. The minimum absolute atomic E-state index is 0.0481. The number of anilines is 1. The number of nitriles is 1. The van der Waals surface area contributed by atoms with E-state index in [4.69, 9.17) is 4.74 Å². The van der Waals surface area contributed by atoms with Gasteiger partial charge in [0.15, 0.2) is 6.10 Å². The maximum Gasteiger partial charge on any atom is 0.265 e. The summed E-state index contributed by atoms with van der Waals surface area (Å²) in [6.45, 7) is -0.171. The smallest absolute Gasteiger partial charge is 0.265 e. The quantitative estimate of drug-likeness (QED) is 0.817. The Balaban J connectivity index is 2.13. The van der Waals surface area contributed by atoms with Crippen LogP contribution in [0.5, 0.6) is 5.75 Å². The Morgan fingerprint density at radius 2 is 1.85 bits per heavy atom. The van der Waals surface area contributed by atoms with E-state index >= 15 is 0 Å². The number of hydrogen-bond acceptors (Lipinski definition) is 5. The molecular formula is C18H17N3O4S. The zero-order valence-corrected chi connectivity index (χ0v) is 15.1. The summed E-state index contributed by atoms with van der Waals surface area (Å²) in [6, 6.07) is 14.5. The molecule has 1 atom stereocenters. The lowest BCUT2D eigenvalue weighted by Gasteiger charge is -2.35. The zero-order chi connectivity index (χ0) is 18.9. The molecule has 8 heteroatoms. The summed E-state index contributed by atoms with van der Waals surface area (Å²) in [7, 11) is -0.891. The van der Waals surface area contributed by atoms with Crippen LogP contribution >= 0.6 is 0 Å². The highest BCUT2D eigenvalue weighted by molar-refractivity contribution is 7.93. The summed E-state index contributed by atoms with van der Waals surface area (Å²) in [5, 5.41) is 9.27. The standard InChI is InChI=1S/C18H17N3O4S/c1-20(2)18(22)16-12-21(14-8-4-5-9-15(14)25-16)26(23,24)17-10-6-3-7-13(17)11-19/h3-10,16H,12H2,1-2H3. The van der Waals surface area contributed by atoms with Crippen molar-refractivity contribution < 1.29 is 17.9 Å². The van der Waals surface area contributed by atoms with Crippen LogP contribution in [0, 0.1) is 11.3 Å². The molecule has 1 unspecified atom stereocenters. The Bertz CT molecular complexity index is 995. The summed E-state index contributed by atoms with van der Waals surface area (Å²) in [5.74, 6) is -0.0368. The number of hydrogen-bond donors (Lipinski definition) is 0. The zero-order valence-electron chi connectivity index (χ0n) is 14.3. The molecule has 0 aromatic heterocycles. The summed E-state index contributed by atoms with van der Waals surface area (Å²) in [4.78, 5) is 13.6. The van der Waals surface area contributed by atoms with E-state index in [1.807, 2.05) is 6.07 Å². The fourth-order valence-corrected chi connectivity index (χ4v) is 4.37. The van der Waals surface area contributed by atoms with Crippen molar-refractivity contribution >= 4 is 21.6 Å². The molecule has 0 aliphatic carbocycles. The van der Waals surface area contributed by atoms with Gasteiger partial charge in [0.2, 0.25) is 0 Å². The van der Waals surface area contributed by atoms with E-state index in [1.165, 1.54) is 17.0 Å². The molecule has 0 bridgehead atoms. The summed E-state index contributed by atoms with van der Waals surface area (Å²) < 4.78 is 33.4. The topological polar surface area (TPSA) is 90.7 Å². The molecule has 7 nitrogen and oxygen atoms in total. The normalized spacial score (nSPS) is 16.2. The monoisotopic (exact) mass is 371 g/mol. The Labute approximate surface area is 152 Å². The van der Waals surface area contributed by atoms with Gasteiger partial charge in [-0.15, -0.1) is 0 Å². The van der Waals surface area contributed by atoms with Crippen LogP contribution in [0.1, 0.15) is 5.56 Å². The van der Waals surface area contributed by atoms with Gasteiger partial charge in [-0.3, -0.25) is 9.10 Å². The number of carbonyl (C=O) groups is 1. The highest BCUT2D eigenvalue weighted by Gasteiger charge is 2.38. The minimum Gasteiger partial charge on any atom is -0.476 e. The first kappa shape index (κ1) is 17.8. The van der Waals surface area contributed by atoms with Crippen molar-refractivity contribution in [2.45, 2.75) is 11.0 Å².